The summed E-state index contributed by atoms with van der Waals surface area (Å²) in [6.07, 6.45) is 0. The van der Waals surface area contributed by atoms with Crippen molar-refractivity contribution in [2.45, 2.75) is 0 Å². The molecule has 108 valence electrons. The van der Waals surface area contributed by atoms with Crippen LogP contribution in [0.15, 0.2) is 48.5 Å². The van der Waals surface area contributed by atoms with E-state index in [9.17, 15) is 0 Å². The fourth-order valence-electron chi connectivity index (χ4n) is 1.67. The third kappa shape index (κ3) is 4.72. The SMILES string of the molecule is CN(C)c1ccc(N)cc1.CN(C)c1ccccc1N. The van der Waals surface area contributed by atoms with Crippen LogP contribution in [0.1, 0.15) is 0 Å². The highest BCUT2D eigenvalue weighted by Crippen LogP contribution is 2.18. The normalized spacial score (nSPS) is 9.40. The van der Waals surface area contributed by atoms with Gasteiger partial charge in [-0.05, 0) is 36.4 Å². The molecule has 0 spiro atoms. The minimum Gasteiger partial charge on any atom is -0.399 e. The summed E-state index contributed by atoms with van der Waals surface area (Å²) in [5.41, 5.74) is 15.1. The molecule has 0 aliphatic rings. The second-order valence-electron chi connectivity index (χ2n) is 4.94. The lowest BCUT2D eigenvalue weighted by Crippen LogP contribution is -2.10. The molecule has 0 saturated carbocycles. The van der Waals surface area contributed by atoms with Crippen LogP contribution < -0.4 is 21.3 Å². The Morgan fingerprint density at radius 3 is 1.65 bits per heavy atom. The molecule has 0 amide bonds. The average molecular weight is 272 g/mol. The van der Waals surface area contributed by atoms with Gasteiger partial charge in [-0.2, -0.15) is 0 Å². The van der Waals surface area contributed by atoms with Crippen LogP contribution in [-0.2, 0) is 0 Å². The summed E-state index contributed by atoms with van der Waals surface area (Å²) in [7, 11) is 7.97. The molecule has 0 saturated heterocycles. The van der Waals surface area contributed by atoms with E-state index in [4.69, 9.17) is 11.5 Å². The van der Waals surface area contributed by atoms with Crippen LogP contribution in [0, 0.1) is 0 Å². The molecule has 20 heavy (non-hydrogen) atoms. The van der Waals surface area contributed by atoms with Gasteiger partial charge in [-0.15, -0.1) is 0 Å². The Labute approximate surface area is 121 Å². The molecular weight excluding hydrogens is 248 g/mol. The molecule has 0 aromatic heterocycles. The summed E-state index contributed by atoms with van der Waals surface area (Å²) < 4.78 is 0. The van der Waals surface area contributed by atoms with E-state index in [1.807, 2.05) is 86.5 Å². The number of benzene rings is 2. The highest BCUT2D eigenvalue weighted by Gasteiger charge is 1.96. The van der Waals surface area contributed by atoms with Gasteiger partial charge >= 0.3 is 0 Å². The highest BCUT2D eigenvalue weighted by atomic mass is 15.1. The smallest absolute Gasteiger partial charge is 0.0594 e. The van der Waals surface area contributed by atoms with Crippen molar-refractivity contribution in [2.24, 2.45) is 0 Å². The van der Waals surface area contributed by atoms with Gasteiger partial charge in [-0.25, -0.2) is 0 Å². The third-order valence-corrected chi connectivity index (χ3v) is 2.83. The largest absolute Gasteiger partial charge is 0.399 e. The van der Waals surface area contributed by atoms with Crippen LogP contribution in [0.2, 0.25) is 0 Å². The maximum Gasteiger partial charge on any atom is 0.0594 e. The summed E-state index contributed by atoms with van der Waals surface area (Å²) in [5.74, 6) is 0. The van der Waals surface area contributed by atoms with Gasteiger partial charge in [-0.3, -0.25) is 0 Å². The molecule has 0 aliphatic carbocycles. The molecule has 4 N–H and O–H groups in total. The fraction of sp³-hybridized carbons (Fsp3) is 0.250. The van der Waals surface area contributed by atoms with Crippen molar-refractivity contribution in [3.63, 3.8) is 0 Å². The number of anilines is 4. The van der Waals surface area contributed by atoms with Crippen LogP contribution in [0.5, 0.6) is 0 Å². The first-order valence-electron chi connectivity index (χ1n) is 6.46. The minimum atomic E-state index is 0.811. The van der Waals surface area contributed by atoms with Crippen molar-refractivity contribution < 1.29 is 0 Å². The first kappa shape index (κ1) is 15.7. The third-order valence-electron chi connectivity index (χ3n) is 2.83. The van der Waals surface area contributed by atoms with Crippen molar-refractivity contribution in [1.29, 1.82) is 0 Å². The van der Waals surface area contributed by atoms with Crippen molar-refractivity contribution in [2.75, 3.05) is 49.5 Å². The predicted molar refractivity (Wildman–Crippen MR) is 90.4 cm³/mol. The van der Waals surface area contributed by atoms with Gasteiger partial charge in [0.25, 0.3) is 0 Å². The molecule has 0 heterocycles. The Morgan fingerprint density at radius 2 is 1.25 bits per heavy atom. The molecule has 2 rings (SSSR count). The highest BCUT2D eigenvalue weighted by molar-refractivity contribution is 5.66. The van der Waals surface area contributed by atoms with Gasteiger partial charge in [0.05, 0.1) is 11.4 Å². The van der Waals surface area contributed by atoms with E-state index in [1.54, 1.807) is 0 Å². The van der Waals surface area contributed by atoms with E-state index in [1.165, 1.54) is 5.69 Å². The second-order valence-corrected chi connectivity index (χ2v) is 4.94. The summed E-state index contributed by atoms with van der Waals surface area (Å²) in [4.78, 5) is 4.04. The zero-order valence-corrected chi connectivity index (χ0v) is 12.7. The Hall–Kier alpha value is -2.36. The molecule has 0 aliphatic heterocycles. The van der Waals surface area contributed by atoms with Gasteiger partial charge in [-0.1, -0.05) is 12.1 Å². The number of para-hydroxylation sites is 2. The molecule has 0 unspecified atom stereocenters. The number of nitrogens with zero attached hydrogens (tertiary/aromatic N) is 2. The van der Waals surface area contributed by atoms with E-state index in [0.29, 0.717) is 0 Å². The van der Waals surface area contributed by atoms with Crippen LogP contribution in [0.25, 0.3) is 0 Å². The lowest BCUT2D eigenvalue weighted by molar-refractivity contribution is 1.13. The van der Waals surface area contributed by atoms with Crippen molar-refractivity contribution in [1.82, 2.24) is 0 Å². The molecule has 4 nitrogen and oxygen atoms in total. The Kier molecular flexibility index (Phi) is 5.72. The Morgan fingerprint density at radius 1 is 0.700 bits per heavy atom. The summed E-state index contributed by atoms with van der Waals surface area (Å²) in [6.45, 7) is 0. The van der Waals surface area contributed by atoms with E-state index in [-0.39, 0.29) is 0 Å². The van der Waals surface area contributed by atoms with Crippen LogP contribution >= 0.6 is 0 Å². The van der Waals surface area contributed by atoms with Crippen molar-refractivity contribution in [3.8, 4) is 0 Å². The molecule has 0 radical (unpaired) electrons. The average Bonchev–Trinajstić information content (AvgIpc) is 2.40. The first-order valence-corrected chi connectivity index (χ1v) is 6.46. The predicted octanol–water partition coefficient (Wildman–Crippen LogP) is 2.67. The number of rotatable bonds is 2. The lowest BCUT2D eigenvalue weighted by Gasteiger charge is -2.13. The van der Waals surface area contributed by atoms with Gasteiger partial charge in [0.2, 0.25) is 0 Å². The summed E-state index contributed by atoms with van der Waals surface area (Å²) in [6, 6.07) is 15.6. The molecule has 4 heteroatoms. The minimum absolute atomic E-state index is 0.811. The summed E-state index contributed by atoms with van der Waals surface area (Å²) in [5, 5.41) is 0. The topological polar surface area (TPSA) is 58.5 Å². The monoisotopic (exact) mass is 272 g/mol. The lowest BCUT2D eigenvalue weighted by atomic mass is 10.2. The quantitative estimate of drug-likeness (QED) is 0.825. The number of hydrogen-bond acceptors (Lipinski definition) is 4. The maximum atomic E-state index is 5.68. The van der Waals surface area contributed by atoms with Gasteiger partial charge in [0.1, 0.15) is 0 Å². The number of nitrogens with two attached hydrogens (primary N) is 2. The van der Waals surface area contributed by atoms with E-state index < -0.39 is 0 Å². The van der Waals surface area contributed by atoms with Crippen molar-refractivity contribution in [3.05, 3.63) is 48.5 Å². The maximum absolute atomic E-state index is 5.68. The molecule has 2 aromatic carbocycles. The summed E-state index contributed by atoms with van der Waals surface area (Å²) >= 11 is 0. The van der Waals surface area contributed by atoms with Gasteiger partial charge in [0.15, 0.2) is 0 Å². The molecule has 2 aromatic rings. The standard InChI is InChI=1S/2C8H12N2/c1-10(2)8-5-3-7(9)4-6-8;1-10(2)8-6-4-3-5-7(8)9/h2*3-6H,9H2,1-2H3. The van der Waals surface area contributed by atoms with Crippen LogP contribution in [-0.4, -0.2) is 28.2 Å². The van der Waals surface area contributed by atoms with E-state index >= 15 is 0 Å². The van der Waals surface area contributed by atoms with Crippen LogP contribution in [0.4, 0.5) is 22.7 Å². The molecule has 0 atom stereocenters. The van der Waals surface area contributed by atoms with Crippen molar-refractivity contribution >= 4 is 22.7 Å². The molecule has 0 bridgehead atoms. The number of hydrogen-bond donors (Lipinski definition) is 2. The molecule has 0 fully saturated rings. The van der Waals surface area contributed by atoms with Gasteiger partial charge in [0, 0.05) is 39.6 Å². The Bertz CT molecular complexity index is 518. The zero-order valence-electron chi connectivity index (χ0n) is 12.7. The van der Waals surface area contributed by atoms with E-state index in [0.717, 1.165) is 17.1 Å². The van der Waals surface area contributed by atoms with E-state index in [2.05, 4.69) is 0 Å². The van der Waals surface area contributed by atoms with Gasteiger partial charge < -0.3 is 21.3 Å². The fourth-order valence-corrected chi connectivity index (χ4v) is 1.67. The first-order chi connectivity index (χ1) is 9.41. The molecular formula is C16H24N4. The second kappa shape index (κ2) is 7.28. The zero-order chi connectivity index (χ0) is 15.1. The number of nitrogen functional groups attached to an aromatic ring is 2. The Balaban J connectivity index is 0.000000200. The van der Waals surface area contributed by atoms with Crippen LogP contribution in [0.3, 0.4) is 0 Å².